The van der Waals surface area contributed by atoms with E-state index < -0.39 is 0 Å². The zero-order valence-corrected chi connectivity index (χ0v) is 8.26. The molecule has 1 atom stereocenters. The van der Waals surface area contributed by atoms with Crippen molar-refractivity contribution < 1.29 is 4.79 Å². The van der Waals surface area contributed by atoms with Gasteiger partial charge in [0.1, 0.15) is 0 Å². The molecule has 0 aliphatic rings. The molecule has 0 fully saturated rings. The number of hydrogen-bond acceptors (Lipinski definition) is 1. The Hall–Kier alpha value is -0.790. The van der Waals surface area contributed by atoms with Gasteiger partial charge in [0, 0.05) is 5.41 Å². The molecule has 0 saturated carbocycles. The van der Waals surface area contributed by atoms with E-state index in [4.69, 9.17) is 5.73 Å². The van der Waals surface area contributed by atoms with Crippen LogP contribution in [0.25, 0.3) is 0 Å². The second-order valence-electron chi connectivity index (χ2n) is 4.08. The van der Waals surface area contributed by atoms with E-state index in [-0.39, 0.29) is 11.3 Å². The normalized spacial score (nSPS) is 13.9. The highest BCUT2D eigenvalue weighted by atomic mass is 16.1. The maximum absolute atomic E-state index is 11.0. The van der Waals surface area contributed by atoms with Crippen molar-refractivity contribution in [1.82, 2.24) is 0 Å². The molecule has 0 aliphatic heterocycles. The van der Waals surface area contributed by atoms with Gasteiger partial charge in [-0.05, 0) is 18.8 Å². The van der Waals surface area contributed by atoms with Crippen LogP contribution in [0.1, 0.15) is 33.6 Å². The monoisotopic (exact) mass is 169 g/mol. The first-order valence-corrected chi connectivity index (χ1v) is 4.31. The van der Waals surface area contributed by atoms with Crippen molar-refractivity contribution in [3.63, 3.8) is 0 Å². The zero-order chi connectivity index (χ0) is 9.78. The Kier molecular flexibility index (Phi) is 4.01. The highest BCUT2D eigenvalue weighted by Crippen LogP contribution is 2.26. The van der Waals surface area contributed by atoms with Gasteiger partial charge in [-0.1, -0.05) is 26.8 Å². The smallest absolute Gasteiger partial charge is 0.223 e. The highest BCUT2D eigenvalue weighted by Gasteiger charge is 2.26. The first kappa shape index (κ1) is 11.2. The van der Waals surface area contributed by atoms with Crippen LogP contribution < -0.4 is 5.73 Å². The maximum atomic E-state index is 11.0. The van der Waals surface area contributed by atoms with Crippen LogP contribution in [0.15, 0.2) is 12.7 Å². The van der Waals surface area contributed by atoms with E-state index in [0.29, 0.717) is 5.92 Å². The van der Waals surface area contributed by atoms with E-state index in [9.17, 15) is 4.79 Å². The van der Waals surface area contributed by atoms with Gasteiger partial charge in [0.15, 0.2) is 0 Å². The number of rotatable bonds is 5. The average Bonchev–Trinajstić information content (AvgIpc) is 1.85. The minimum atomic E-state index is -0.386. The van der Waals surface area contributed by atoms with Gasteiger partial charge >= 0.3 is 0 Å². The lowest BCUT2D eigenvalue weighted by atomic mass is 9.82. The summed E-state index contributed by atoms with van der Waals surface area (Å²) in [5.41, 5.74) is 4.86. The fourth-order valence-electron chi connectivity index (χ4n) is 1.34. The minimum Gasteiger partial charge on any atom is -0.369 e. The lowest BCUT2D eigenvalue weighted by Gasteiger charge is -2.23. The fraction of sp³-hybridized carbons (Fsp3) is 0.700. The Morgan fingerprint density at radius 1 is 1.67 bits per heavy atom. The largest absolute Gasteiger partial charge is 0.369 e. The molecule has 0 aromatic heterocycles. The topological polar surface area (TPSA) is 43.1 Å². The van der Waals surface area contributed by atoms with E-state index in [2.05, 4.69) is 13.5 Å². The molecular weight excluding hydrogens is 150 g/mol. The molecule has 1 unspecified atom stereocenters. The van der Waals surface area contributed by atoms with Crippen LogP contribution in [0, 0.1) is 11.3 Å². The van der Waals surface area contributed by atoms with Crippen molar-refractivity contribution in [2.75, 3.05) is 0 Å². The molecule has 12 heavy (non-hydrogen) atoms. The van der Waals surface area contributed by atoms with Gasteiger partial charge in [-0.15, -0.1) is 6.58 Å². The Morgan fingerprint density at radius 3 is 2.50 bits per heavy atom. The Balaban J connectivity index is 4.04. The summed E-state index contributed by atoms with van der Waals surface area (Å²) in [6, 6.07) is 0. The third-order valence-electron chi connectivity index (χ3n) is 2.09. The number of allylic oxidation sites excluding steroid dienone is 1. The van der Waals surface area contributed by atoms with Gasteiger partial charge < -0.3 is 5.73 Å². The molecule has 0 aliphatic carbocycles. The van der Waals surface area contributed by atoms with E-state index in [1.807, 2.05) is 19.9 Å². The van der Waals surface area contributed by atoms with Crippen molar-refractivity contribution in [3.8, 4) is 0 Å². The number of carbonyl (C=O) groups excluding carboxylic acids is 1. The number of carbonyl (C=O) groups is 1. The van der Waals surface area contributed by atoms with E-state index in [0.717, 1.165) is 12.8 Å². The summed E-state index contributed by atoms with van der Waals surface area (Å²) >= 11 is 0. The van der Waals surface area contributed by atoms with Crippen LogP contribution in [0.3, 0.4) is 0 Å². The van der Waals surface area contributed by atoms with E-state index in [1.54, 1.807) is 0 Å². The molecular formula is C10H19NO. The molecule has 2 nitrogen and oxygen atoms in total. The van der Waals surface area contributed by atoms with Gasteiger partial charge in [0.2, 0.25) is 5.91 Å². The summed E-state index contributed by atoms with van der Waals surface area (Å²) in [5, 5.41) is 0. The van der Waals surface area contributed by atoms with Gasteiger partial charge in [-0.3, -0.25) is 4.79 Å². The summed E-state index contributed by atoms with van der Waals surface area (Å²) in [6.07, 6.45) is 3.65. The molecule has 2 heteroatoms. The molecule has 0 bridgehead atoms. The minimum absolute atomic E-state index is 0.224. The number of hydrogen-bond donors (Lipinski definition) is 1. The van der Waals surface area contributed by atoms with Crippen LogP contribution in [-0.4, -0.2) is 5.91 Å². The van der Waals surface area contributed by atoms with Gasteiger partial charge in [0.05, 0.1) is 0 Å². The van der Waals surface area contributed by atoms with Crippen LogP contribution in [0.5, 0.6) is 0 Å². The molecule has 70 valence electrons. The predicted molar refractivity (Wildman–Crippen MR) is 51.6 cm³/mol. The maximum Gasteiger partial charge on any atom is 0.223 e. The number of nitrogens with two attached hydrogens (primary N) is 1. The van der Waals surface area contributed by atoms with Crippen LogP contribution >= 0.6 is 0 Å². The van der Waals surface area contributed by atoms with Crippen molar-refractivity contribution in [2.24, 2.45) is 17.1 Å². The molecule has 0 rings (SSSR count). The van der Waals surface area contributed by atoms with Crippen LogP contribution in [0.4, 0.5) is 0 Å². The van der Waals surface area contributed by atoms with Gasteiger partial charge in [-0.2, -0.15) is 0 Å². The lowest BCUT2D eigenvalue weighted by molar-refractivity contribution is -0.126. The third-order valence-corrected chi connectivity index (χ3v) is 2.09. The molecule has 1 amide bonds. The van der Waals surface area contributed by atoms with Crippen molar-refractivity contribution in [3.05, 3.63) is 12.7 Å². The molecule has 0 radical (unpaired) electrons. The summed E-state index contributed by atoms with van der Waals surface area (Å²) in [7, 11) is 0. The Bertz CT molecular complexity index is 173. The van der Waals surface area contributed by atoms with Crippen molar-refractivity contribution >= 4 is 5.91 Å². The lowest BCUT2D eigenvalue weighted by Crippen LogP contribution is -2.32. The first-order valence-electron chi connectivity index (χ1n) is 4.31. The second-order valence-corrected chi connectivity index (χ2v) is 4.08. The second kappa shape index (κ2) is 4.29. The standard InChI is InChI=1S/C10H19NO/c1-5-6-8(2)7-10(3,4)9(11)12/h5,8H,1,6-7H2,2-4H3,(H2,11,12). The SMILES string of the molecule is C=CCC(C)CC(C)(C)C(N)=O. The summed E-state index contributed by atoms with van der Waals surface area (Å²) < 4.78 is 0. The van der Waals surface area contributed by atoms with E-state index >= 15 is 0 Å². The molecule has 0 saturated heterocycles. The first-order chi connectivity index (χ1) is 5.40. The Labute approximate surface area is 74.8 Å². The third kappa shape index (κ3) is 3.56. The molecule has 0 heterocycles. The van der Waals surface area contributed by atoms with E-state index in [1.165, 1.54) is 0 Å². The molecule has 0 aromatic carbocycles. The van der Waals surface area contributed by atoms with Crippen LogP contribution in [0.2, 0.25) is 0 Å². The quantitative estimate of drug-likeness (QED) is 0.629. The fourth-order valence-corrected chi connectivity index (χ4v) is 1.34. The van der Waals surface area contributed by atoms with Gasteiger partial charge in [-0.25, -0.2) is 0 Å². The molecule has 2 N–H and O–H groups in total. The Morgan fingerprint density at radius 2 is 2.17 bits per heavy atom. The highest BCUT2D eigenvalue weighted by molar-refractivity contribution is 5.79. The van der Waals surface area contributed by atoms with Crippen molar-refractivity contribution in [1.29, 1.82) is 0 Å². The summed E-state index contributed by atoms with van der Waals surface area (Å²) in [6.45, 7) is 9.53. The number of primary amides is 1. The molecule has 0 spiro atoms. The predicted octanol–water partition coefficient (Wildman–Crippen LogP) is 2.10. The molecule has 0 aromatic rings. The van der Waals surface area contributed by atoms with Crippen molar-refractivity contribution in [2.45, 2.75) is 33.6 Å². The number of amides is 1. The summed E-state index contributed by atoms with van der Waals surface area (Å²) in [4.78, 5) is 11.0. The van der Waals surface area contributed by atoms with Gasteiger partial charge in [0.25, 0.3) is 0 Å². The zero-order valence-electron chi connectivity index (χ0n) is 8.26. The average molecular weight is 169 g/mol. The summed E-state index contributed by atoms with van der Waals surface area (Å²) in [5.74, 6) is 0.253. The van der Waals surface area contributed by atoms with Crippen LogP contribution in [-0.2, 0) is 4.79 Å².